The monoisotopic (exact) mass is 416 g/mol. The predicted molar refractivity (Wildman–Crippen MR) is 124 cm³/mol. The summed E-state index contributed by atoms with van der Waals surface area (Å²) in [5.74, 6) is -0.0257. The van der Waals surface area contributed by atoms with E-state index in [0.29, 0.717) is 36.2 Å². The van der Waals surface area contributed by atoms with Gasteiger partial charge in [-0.1, -0.05) is 49.4 Å². The first-order valence-electron chi connectivity index (χ1n) is 10.2. The number of hydrogen-bond donors (Lipinski definition) is 5. The molecule has 7 nitrogen and oxygen atoms in total. The van der Waals surface area contributed by atoms with E-state index in [0.717, 1.165) is 23.1 Å². The number of nitrogens with one attached hydrogen (secondary N) is 3. The van der Waals surface area contributed by atoms with Gasteiger partial charge in [-0.05, 0) is 35.6 Å². The van der Waals surface area contributed by atoms with Crippen LogP contribution in [-0.4, -0.2) is 28.7 Å². The zero-order valence-electron chi connectivity index (χ0n) is 17.6. The van der Waals surface area contributed by atoms with Crippen molar-refractivity contribution < 1.29 is 4.79 Å². The van der Waals surface area contributed by atoms with Gasteiger partial charge in [0.05, 0.1) is 5.56 Å². The minimum Gasteiger partial charge on any atom is -0.384 e. The lowest BCUT2D eigenvalue weighted by atomic mass is 10.0. The maximum atomic E-state index is 12.8. The molecule has 0 fully saturated rings. The van der Waals surface area contributed by atoms with Crippen molar-refractivity contribution in [3.05, 3.63) is 94.3 Å². The van der Waals surface area contributed by atoms with Crippen molar-refractivity contribution in [3.63, 3.8) is 0 Å². The van der Waals surface area contributed by atoms with Gasteiger partial charge in [0.25, 0.3) is 5.91 Å². The van der Waals surface area contributed by atoms with E-state index in [-0.39, 0.29) is 17.6 Å². The smallest absolute Gasteiger partial charge is 0.253 e. The van der Waals surface area contributed by atoms with Crippen LogP contribution < -0.4 is 16.8 Å². The molecule has 31 heavy (non-hydrogen) atoms. The number of rotatable bonds is 9. The van der Waals surface area contributed by atoms with Crippen LogP contribution in [0.2, 0.25) is 0 Å². The van der Waals surface area contributed by atoms with Gasteiger partial charge in [0.2, 0.25) is 0 Å². The van der Waals surface area contributed by atoms with Gasteiger partial charge in [0.15, 0.2) is 0 Å². The van der Waals surface area contributed by atoms with Gasteiger partial charge < -0.3 is 21.4 Å². The number of hydrogen-bond acceptors (Lipinski definition) is 3. The number of nitrogens with zero attached hydrogens (tertiary/aromatic N) is 1. The van der Waals surface area contributed by atoms with Crippen LogP contribution in [0.15, 0.2) is 60.9 Å². The highest BCUT2D eigenvalue weighted by Crippen LogP contribution is 2.18. The molecule has 0 atom stereocenters. The first-order valence-corrected chi connectivity index (χ1v) is 10.2. The summed E-state index contributed by atoms with van der Waals surface area (Å²) >= 11 is 0. The van der Waals surface area contributed by atoms with Crippen LogP contribution in [-0.2, 0) is 13.0 Å². The minimum absolute atomic E-state index is 0.0312. The summed E-state index contributed by atoms with van der Waals surface area (Å²) in [5.41, 5.74) is 16.1. The number of amidine groups is 2. The fourth-order valence-electron chi connectivity index (χ4n) is 3.40. The fraction of sp³-hybridized carbons (Fsp3) is 0.208. The second-order valence-electron chi connectivity index (χ2n) is 7.53. The number of carbonyl (C=O) groups excluding carboxylic acids is 1. The topological polar surface area (TPSA) is 134 Å². The molecule has 0 saturated carbocycles. The minimum atomic E-state index is -0.0894. The summed E-state index contributed by atoms with van der Waals surface area (Å²) in [6.45, 7) is 3.21. The van der Waals surface area contributed by atoms with Gasteiger partial charge in [0.1, 0.15) is 11.7 Å². The Morgan fingerprint density at radius 1 is 0.968 bits per heavy atom. The molecular weight excluding hydrogens is 388 g/mol. The van der Waals surface area contributed by atoms with E-state index in [1.807, 2.05) is 66.3 Å². The highest BCUT2D eigenvalue weighted by atomic mass is 16.1. The van der Waals surface area contributed by atoms with Crippen LogP contribution in [0.4, 0.5) is 0 Å². The van der Waals surface area contributed by atoms with Gasteiger partial charge in [0, 0.05) is 36.6 Å². The lowest BCUT2D eigenvalue weighted by Gasteiger charge is -2.06. The molecule has 2 aromatic carbocycles. The number of nitrogens with two attached hydrogens (primary N) is 2. The standard InChI is InChI=1S/C24H28N6O/c1-2-10-29-24(31)21-15-30(13-17-4-3-5-19(12-17)23(27)28)14-20(21)11-16-6-8-18(9-7-16)22(25)26/h3-9,12,14-15H,2,10-11,13H2,1H3,(H3,25,26)(H3,27,28)(H,29,31). The van der Waals surface area contributed by atoms with Crippen molar-refractivity contribution in [1.82, 2.24) is 9.88 Å². The van der Waals surface area contributed by atoms with Crippen LogP contribution in [0, 0.1) is 10.8 Å². The van der Waals surface area contributed by atoms with Crippen LogP contribution in [0.5, 0.6) is 0 Å². The van der Waals surface area contributed by atoms with E-state index >= 15 is 0 Å². The third-order valence-corrected chi connectivity index (χ3v) is 5.01. The maximum absolute atomic E-state index is 12.8. The lowest BCUT2D eigenvalue weighted by Crippen LogP contribution is -2.24. The van der Waals surface area contributed by atoms with Crippen molar-refractivity contribution in [2.75, 3.05) is 6.54 Å². The Bertz CT molecular complexity index is 1100. The van der Waals surface area contributed by atoms with Crippen molar-refractivity contribution in [3.8, 4) is 0 Å². The Labute approximate surface area is 182 Å². The SMILES string of the molecule is CCCNC(=O)c1cn(Cc2cccc(C(=N)N)c2)cc1Cc1ccc(C(=N)N)cc1. The molecule has 7 heteroatoms. The third-order valence-electron chi connectivity index (χ3n) is 5.01. The first kappa shape index (κ1) is 21.8. The Hall–Kier alpha value is -3.87. The summed E-state index contributed by atoms with van der Waals surface area (Å²) in [6.07, 6.45) is 5.31. The van der Waals surface area contributed by atoms with Crippen molar-refractivity contribution in [2.45, 2.75) is 26.3 Å². The van der Waals surface area contributed by atoms with E-state index in [2.05, 4.69) is 5.32 Å². The van der Waals surface area contributed by atoms with Gasteiger partial charge in [-0.25, -0.2) is 0 Å². The molecule has 160 valence electrons. The Balaban J connectivity index is 1.88. The van der Waals surface area contributed by atoms with E-state index in [9.17, 15) is 4.79 Å². The molecular formula is C24H28N6O. The Kier molecular flexibility index (Phi) is 6.87. The zero-order valence-corrected chi connectivity index (χ0v) is 17.6. The number of amides is 1. The first-order chi connectivity index (χ1) is 14.9. The average Bonchev–Trinajstić information content (AvgIpc) is 3.14. The molecule has 0 aliphatic rings. The lowest BCUT2D eigenvalue weighted by molar-refractivity contribution is 0.0953. The number of nitrogen functional groups attached to an aromatic ring is 2. The van der Waals surface area contributed by atoms with Crippen molar-refractivity contribution >= 4 is 17.6 Å². The molecule has 1 heterocycles. The molecule has 1 aromatic heterocycles. The molecule has 0 radical (unpaired) electrons. The van der Waals surface area contributed by atoms with Crippen LogP contribution in [0.3, 0.4) is 0 Å². The average molecular weight is 417 g/mol. The third kappa shape index (κ3) is 5.60. The van der Waals surface area contributed by atoms with Crippen molar-refractivity contribution in [2.24, 2.45) is 11.5 Å². The van der Waals surface area contributed by atoms with Gasteiger partial charge in [-0.15, -0.1) is 0 Å². The Morgan fingerprint density at radius 3 is 2.32 bits per heavy atom. The van der Waals surface area contributed by atoms with E-state index in [1.165, 1.54) is 0 Å². The normalized spacial score (nSPS) is 10.6. The number of benzene rings is 2. The maximum Gasteiger partial charge on any atom is 0.253 e. The predicted octanol–water partition coefficient (Wildman–Crippen LogP) is 2.84. The summed E-state index contributed by atoms with van der Waals surface area (Å²) in [5, 5.41) is 18.1. The highest BCUT2D eigenvalue weighted by molar-refractivity contribution is 5.96. The molecule has 0 bridgehead atoms. The van der Waals surface area contributed by atoms with Crippen LogP contribution in [0.25, 0.3) is 0 Å². The second kappa shape index (κ2) is 9.75. The summed E-state index contributed by atoms with van der Waals surface area (Å²) < 4.78 is 1.99. The number of aromatic nitrogens is 1. The fourth-order valence-corrected chi connectivity index (χ4v) is 3.40. The summed E-state index contributed by atoms with van der Waals surface area (Å²) in [7, 11) is 0. The molecule has 1 amide bonds. The van der Waals surface area contributed by atoms with Gasteiger partial charge in [-0.2, -0.15) is 0 Å². The van der Waals surface area contributed by atoms with E-state index in [1.54, 1.807) is 6.07 Å². The van der Waals surface area contributed by atoms with Gasteiger partial charge in [-0.3, -0.25) is 15.6 Å². The Morgan fingerprint density at radius 2 is 1.68 bits per heavy atom. The van der Waals surface area contributed by atoms with E-state index < -0.39 is 0 Å². The molecule has 7 N–H and O–H groups in total. The number of carbonyl (C=O) groups is 1. The quantitative estimate of drug-likeness (QED) is 0.271. The molecule has 0 saturated heterocycles. The molecule has 3 rings (SSSR count). The molecule has 0 spiro atoms. The van der Waals surface area contributed by atoms with Crippen LogP contribution in [0.1, 0.15) is 51.5 Å². The highest BCUT2D eigenvalue weighted by Gasteiger charge is 2.15. The second-order valence-corrected chi connectivity index (χ2v) is 7.53. The van der Waals surface area contributed by atoms with Gasteiger partial charge >= 0.3 is 0 Å². The van der Waals surface area contributed by atoms with Crippen LogP contribution >= 0.6 is 0 Å². The summed E-state index contributed by atoms with van der Waals surface area (Å²) in [4.78, 5) is 12.8. The molecule has 0 aliphatic heterocycles. The molecule has 3 aromatic rings. The largest absolute Gasteiger partial charge is 0.384 e. The van der Waals surface area contributed by atoms with E-state index in [4.69, 9.17) is 22.3 Å². The summed E-state index contributed by atoms with van der Waals surface area (Å²) in [6, 6.07) is 15.0. The molecule has 0 aliphatic carbocycles. The molecule has 0 unspecified atom stereocenters. The zero-order chi connectivity index (χ0) is 22.4. The van der Waals surface area contributed by atoms with Crippen molar-refractivity contribution in [1.29, 1.82) is 10.8 Å².